The number of nitrogens with zero attached hydrogens (tertiary/aromatic N) is 1. The van der Waals surface area contributed by atoms with Crippen molar-refractivity contribution in [2.45, 2.75) is 31.7 Å². The maximum absolute atomic E-state index is 12.0. The van der Waals surface area contributed by atoms with Gasteiger partial charge in [-0.2, -0.15) is 0 Å². The Morgan fingerprint density at radius 1 is 1.33 bits per heavy atom. The maximum atomic E-state index is 12.0. The molecule has 2 aliphatic heterocycles. The fourth-order valence-electron chi connectivity index (χ4n) is 3.05. The Labute approximate surface area is 148 Å². The minimum atomic E-state index is -0.0607. The second-order valence-electron chi connectivity index (χ2n) is 5.95. The smallest absolute Gasteiger partial charge is 0.265 e. The van der Waals surface area contributed by atoms with Crippen molar-refractivity contribution < 1.29 is 14.3 Å². The molecular weight excluding hydrogens is 330 g/mol. The number of benzene rings is 1. The van der Waals surface area contributed by atoms with Crippen molar-refractivity contribution in [2.24, 2.45) is 0 Å². The van der Waals surface area contributed by atoms with E-state index in [4.69, 9.17) is 4.74 Å². The summed E-state index contributed by atoms with van der Waals surface area (Å²) in [6, 6.07) is 7.48. The Hall–Kier alpha value is -1.79. The highest BCUT2D eigenvalue weighted by Crippen LogP contribution is 2.31. The van der Waals surface area contributed by atoms with Gasteiger partial charge in [0, 0.05) is 13.1 Å². The monoisotopic (exact) mass is 353 g/mol. The Kier molecular flexibility index (Phi) is 6.87. The molecule has 3 rings (SSSR count). The maximum Gasteiger partial charge on any atom is 0.265 e. The van der Waals surface area contributed by atoms with Gasteiger partial charge >= 0.3 is 0 Å². The number of para-hydroxylation sites is 2. The number of fused-ring (bicyclic) bond motifs is 1. The molecule has 7 heteroatoms. The van der Waals surface area contributed by atoms with Crippen LogP contribution in [0.5, 0.6) is 5.75 Å². The molecular formula is C17H24ClN3O3. The summed E-state index contributed by atoms with van der Waals surface area (Å²) in [6.07, 6.45) is 3.87. The number of rotatable bonds is 5. The van der Waals surface area contributed by atoms with Crippen LogP contribution in [0.1, 0.15) is 25.7 Å². The number of halogens is 1. The van der Waals surface area contributed by atoms with Crippen LogP contribution in [0.25, 0.3) is 0 Å². The summed E-state index contributed by atoms with van der Waals surface area (Å²) in [6.45, 7) is 2.15. The van der Waals surface area contributed by atoms with Gasteiger partial charge in [-0.3, -0.25) is 9.59 Å². The first-order chi connectivity index (χ1) is 11.3. The molecule has 2 amide bonds. The molecule has 2 aliphatic rings. The van der Waals surface area contributed by atoms with Gasteiger partial charge in [-0.15, -0.1) is 12.4 Å². The lowest BCUT2D eigenvalue weighted by molar-refractivity contribution is -0.123. The zero-order valence-corrected chi connectivity index (χ0v) is 14.4. The van der Waals surface area contributed by atoms with E-state index >= 15 is 0 Å². The number of amides is 2. The summed E-state index contributed by atoms with van der Waals surface area (Å²) in [5.41, 5.74) is 0.809. The lowest BCUT2D eigenvalue weighted by Crippen LogP contribution is -2.47. The average molecular weight is 354 g/mol. The molecule has 0 bridgehead atoms. The van der Waals surface area contributed by atoms with Crippen LogP contribution in [0.15, 0.2) is 24.3 Å². The van der Waals surface area contributed by atoms with E-state index in [9.17, 15) is 9.59 Å². The van der Waals surface area contributed by atoms with E-state index in [0.29, 0.717) is 13.1 Å². The van der Waals surface area contributed by atoms with Crippen LogP contribution in [0.4, 0.5) is 5.69 Å². The third-order valence-corrected chi connectivity index (χ3v) is 4.29. The van der Waals surface area contributed by atoms with Gasteiger partial charge in [0.1, 0.15) is 5.75 Å². The zero-order valence-electron chi connectivity index (χ0n) is 13.6. The van der Waals surface area contributed by atoms with E-state index in [1.54, 1.807) is 4.90 Å². The Balaban J connectivity index is 0.00000208. The van der Waals surface area contributed by atoms with Crippen molar-refractivity contribution in [1.82, 2.24) is 10.6 Å². The molecule has 0 aromatic heterocycles. The van der Waals surface area contributed by atoms with Crippen molar-refractivity contribution in [1.29, 1.82) is 0 Å². The van der Waals surface area contributed by atoms with Crippen LogP contribution in [-0.4, -0.2) is 44.1 Å². The largest absolute Gasteiger partial charge is 0.482 e. The third-order valence-electron chi connectivity index (χ3n) is 4.29. The standard InChI is InChI=1S/C17H23N3O3.ClH/c21-16-12-23-15-8-2-1-7-14(15)20(16)11-5-10-19-17(22)13-6-3-4-9-18-13;/h1-2,7-8,13,18H,3-6,9-12H2,(H,19,22);1H. The fourth-order valence-corrected chi connectivity index (χ4v) is 3.05. The molecule has 1 aromatic rings. The first-order valence-corrected chi connectivity index (χ1v) is 8.29. The molecule has 1 unspecified atom stereocenters. The second kappa shape index (κ2) is 8.89. The minimum Gasteiger partial charge on any atom is -0.482 e. The van der Waals surface area contributed by atoms with Crippen LogP contribution in [0.3, 0.4) is 0 Å². The van der Waals surface area contributed by atoms with Crippen LogP contribution in [-0.2, 0) is 9.59 Å². The predicted molar refractivity (Wildman–Crippen MR) is 94.8 cm³/mol. The van der Waals surface area contributed by atoms with Crippen LogP contribution in [0.2, 0.25) is 0 Å². The van der Waals surface area contributed by atoms with Gasteiger partial charge in [0.25, 0.3) is 5.91 Å². The van der Waals surface area contributed by atoms with Crippen molar-refractivity contribution >= 4 is 29.9 Å². The average Bonchev–Trinajstić information content (AvgIpc) is 2.60. The molecule has 1 saturated heterocycles. The first kappa shape index (κ1) is 18.5. The summed E-state index contributed by atoms with van der Waals surface area (Å²) >= 11 is 0. The molecule has 2 heterocycles. The minimum absolute atomic E-state index is 0. The van der Waals surface area contributed by atoms with Gasteiger partial charge in [-0.1, -0.05) is 18.6 Å². The molecule has 0 radical (unpaired) electrons. The third kappa shape index (κ3) is 4.39. The molecule has 2 N–H and O–H groups in total. The quantitative estimate of drug-likeness (QED) is 0.787. The summed E-state index contributed by atoms with van der Waals surface area (Å²) in [7, 11) is 0. The summed E-state index contributed by atoms with van der Waals surface area (Å²) < 4.78 is 5.42. The molecule has 0 saturated carbocycles. The Morgan fingerprint density at radius 2 is 2.17 bits per heavy atom. The second-order valence-corrected chi connectivity index (χ2v) is 5.95. The molecule has 1 atom stereocenters. The highest BCUT2D eigenvalue weighted by molar-refractivity contribution is 5.97. The van der Waals surface area contributed by atoms with Crippen molar-refractivity contribution in [3.8, 4) is 5.75 Å². The number of carbonyl (C=O) groups excluding carboxylic acids is 2. The van der Waals surface area contributed by atoms with Crippen LogP contribution >= 0.6 is 12.4 Å². The van der Waals surface area contributed by atoms with E-state index in [1.165, 1.54) is 0 Å². The number of hydrogen-bond donors (Lipinski definition) is 2. The molecule has 1 aromatic carbocycles. The summed E-state index contributed by atoms with van der Waals surface area (Å²) in [4.78, 5) is 25.8. The normalized spacial score (nSPS) is 19.8. The lowest BCUT2D eigenvalue weighted by atomic mass is 10.0. The lowest BCUT2D eigenvalue weighted by Gasteiger charge is -2.29. The van der Waals surface area contributed by atoms with Gasteiger partial charge in [0.15, 0.2) is 6.61 Å². The van der Waals surface area contributed by atoms with Crippen molar-refractivity contribution in [3.63, 3.8) is 0 Å². The highest BCUT2D eigenvalue weighted by atomic mass is 35.5. The van der Waals surface area contributed by atoms with Crippen LogP contribution < -0.4 is 20.3 Å². The van der Waals surface area contributed by atoms with E-state index in [0.717, 1.165) is 43.7 Å². The number of carbonyl (C=O) groups is 2. The number of ether oxygens (including phenoxy) is 1. The number of nitrogens with one attached hydrogen (secondary N) is 2. The van der Waals surface area contributed by atoms with Gasteiger partial charge in [-0.05, 0) is 37.9 Å². The van der Waals surface area contributed by atoms with Crippen molar-refractivity contribution in [3.05, 3.63) is 24.3 Å². The molecule has 0 aliphatic carbocycles. The topological polar surface area (TPSA) is 70.7 Å². The van der Waals surface area contributed by atoms with E-state index in [2.05, 4.69) is 10.6 Å². The fraction of sp³-hybridized carbons (Fsp3) is 0.529. The predicted octanol–water partition coefficient (Wildman–Crippen LogP) is 1.48. The molecule has 1 fully saturated rings. The summed E-state index contributed by atoms with van der Waals surface area (Å²) in [5.74, 6) is 0.768. The molecule has 0 spiro atoms. The van der Waals surface area contributed by atoms with Gasteiger partial charge in [-0.25, -0.2) is 0 Å². The number of hydrogen-bond acceptors (Lipinski definition) is 4. The van der Waals surface area contributed by atoms with Crippen LogP contribution in [0, 0.1) is 0 Å². The Morgan fingerprint density at radius 3 is 2.96 bits per heavy atom. The number of anilines is 1. The molecule has 24 heavy (non-hydrogen) atoms. The zero-order chi connectivity index (χ0) is 16.1. The highest BCUT2D eigenvalue weighted by Gasteiger charge is 2.25. The molecule has 6 nitrogen and oxygen atoms in total. The van der Waals surface area contributed by atoms with Gasteiger partial charge in [0.05, 0.1) is 11.7 Å². The number of piperidine rings is 1. The summed E-state index contributed by atoms with van der Waals surface area (Å²) in [5, 5.41) is 6.20. The molecule has 132 valence electrons. The van der Waals surface area contributed by atoms with Crippen molar-refractivity contribution in [2.75, 3.05) is 31.1 Å². The van der Waals surface area contributed by atoms with Gasteiger partial charge in [0.2, 0.25) is 5.91 Å². The first-order valence-electron chi connectivity index (χ1n) is 8.29. The SMILES string of the molecule is Cl.O=C(NCCCN1C(=O)COc2ccccc21)C1CCCCN1. The van der Waals surface area contributed by atoms with Gasteiger partial charge < -0.3 is 20.3 Å². The Bertz CT molecular complexity index is 576. The van der Waals surface area contributed by atoms with E-state index < -0.39 is 0 Å². The van der Waals surface area contributed by atoms with E-state index in [1.807, 2.05) is 24.3 Å². The van der Waals surface area contributed by atoms with E-state index in [-0.39, 0.29) is 36.9 Å².